The van der Waals surface area contributed by atoms with Crippen molar-refractivity contribution >= 4 is 11.4 Å². The van der Waals surface area contributed by atoms with Crippen LogP contribution in [0.4, 0.5) is 0 Å². The number of Topliss-reactive ketones (excluding diaryl/α,β-unsaturated/α-hetero) is 1. The van der Waals surface area contributed by atoms with Gasteiger partial charge in [-0.25, -0.2) is 9.97 Å². The highest BCUT2D eigenvalue weighted by Crippen LogP contribution is 2.30. The van der Waals surface area contributed by atoms with Gasteiger partial charge in [-0.15, -0.1) is 0 Å². The molecule has 0 aliphatic heterocycles. The number of nitrogens with zero attached hydrogens (tertiary/aromatic N) is 2. The Morgan fingerprint density at radius 1 is 0.852 bits per heavy atom. The summed E-state index contributed by atoms with van der Waals surface area (Å²) in [5, 5.41) is 0. The Bertz CT molecular complexity index is 845. The van der Waals surface area contributed by atoms with Crippen LogP contribution >= 0.6 is 0 Å². The van der Waals surface area contributed by atoms with E-state index in [2.05, 4.69) is 16.5 Å². The fourth-order valence-corrected chi connectivity index (χ4v) is 3.52. The standard InChI is InChI=1S/C11H13NO2.C11H13NO/c1-14-11-6-8-3-2-4-10(13)5-9(8)7-12-11;1-8-4-3-5-9-6-11(13-2)12-7-10(8)9/h6-7H,2-5H2,1H3;6-7H,1,3-5H2,2H3. The number of methoxy groups -OCH3 is 2. The van der Waals surface area contributed by atoms with Gasteiger partial charge in [-0.2, -0.15) is 0 Å². The zero-order valence-corrected chi connectivity index (χ0v) is 16.1. The number of aromatic nitrogens is 2. The SMILES string of the molecule is C=C1CCCc2cc(OC)ncc21.COc1cc2c(cn1)CC(=O)CCC2. The van der Waals surface area contributed by atoms with E-state index in [9.17, 15) is 4.79 Å². The maximum absolute atomic E-state index is 11.3. The number of pyridine rings is 2. The molecule has 4 rings (SSSR count). The van der Waals surface area contributed by atoms with Crippen LogP contribution in [0.15, 0.2) is 31.1 Å². The Morgan fingerprint density at radius 2 is 1.48 bits per heavy atom. The van der Waals surface area contributed by atoms with Gasteiger partial charge in [-0.05, 0) is 59.9 Å². The molecule has 2 aromatic heterocycles. The number of carbonyl (C=O) groups excluding carboxylic acids is 1. The Labute approximate surface area is 160 Å². The zero-order valence-electron chi connectivity index (χ0n) is 16.1. The van der Waals surface area contributed by atoms with Crippen molar-refractivity contribution in [1.82, 2.24) is 9.97 Å². The normalized spacial score (nSPS) is 15.6. The lowest BCUT2D eigenvalue weighted by Crippen LogP contribution is -2.02. The summed E-state index contributed by atoms with van der Waals surface area (Å²) in [4.78, 5) is 19.6. The van der Waals surface area contributed by atoms with Crippen molar-refractivity contribution in [2.24, 2.45) is 0 Å². The first-order valence-electron chi connectivity index (χ1n) is 9.35. The summed E-state index contributed by atoms with van der Waals surface area (Å²) < 4.78 is 10.1. The molecule has 142 valence electrons. The number of allylic oxidation sites excluding steroid dienone is 1. The minimum Gasteiger partial charge on any atom is -0.481 e. The van der Waals surface area contributed by atoms with Crippen molar-refractivity contribution in [2.45, 2.75) is 44.9 Å². The van der Waals surface area contributed by atoms with E-state index in [1.54, 1.807) is 20.4 Å². The van der Waals surface area contributed by atoms with E-state index in [4.69, 9.17) is 9.47 Å². The largest absolute Gasteiger partial charge is 0.481 e. The average Bonchev–Trinajstić information content (AvgIpc) is 2.88. The van der Waals surface area contributed by atoms with Crippen LogP contribution < -0.4 is 9.47 Å². The van der Waals surface area contributed by atoms with Crippen LogP contribution in [0, 0.1) is 0 Å². The molecule has 0 bridgehead atoms. The Balaban J connectivity index is 0.000000156. The number of hydrogen-bond donors (Lipinski definition) is 0. The predicted octanol–water partition coefficient (Wildman–Crippen LogP) is 3.98. The monoisotopic (exact) mass is 366 g/mol. The second-order valence-corrected chi connectivity index (χ2v) is 6.91. The summed E-state index contributed by atoms with van der Waals surface area (Å²) in [5.41, 5.74) is 6.02. The summed E-state index contributed by atoms with van der Waals surface area (Å²) in [6.07, 6.45) is 10.2. The number of aryl methyl sites for hydroxylation is 2. The Hall–Kier alpha value is -2.69. The lowest BCUT2D eigenvalue weighted by molar-refractivity contribution is -0.118. The van der Waals surface area contributed by atoms with Gasteiger partial charge in [0.15, 0.2) is 0 Å². The van der Waals surface area contributed by atoms with Crippen molar-refractivity contribution < 1.29 is 14.3 Å². The molecule has 5 heteroatoms. The van der Waals surface area contributed by atoms with Gasteiger partial charge in [-0.3, -0.25) is 4.79 Å². The van der Waals surface area contributed by atoms with E-state index < -0.39 is 0 Å². The molecule has 0 saturated carbocycles. The first-order valence-corrected chi connectivity index (χ1v) is 9.35. The average molecular weight is 366 g/mol. The molecule has 2 heterocycles. The van der Waals surface area contributed by atoms with Gasteiger partial charge < -0.3 is 9.47 Å². The quantitative estimate of drug-likeness (QED) is 0.753. The molecular formula is C22H26N2O3. The Kier molecular flexibility index (Phi) is 6.22. The van der Waals surface area contributed by atoms with Gasteiger partial charge in [0.25, 0.3) is 0 Å². The van der Waals surface area contributed by atoms with Crippen LogP contribution in [-0.4, -0.2) is 30.0 Å². The van der Waals surface area contributed by atoms with Crippen molar-refractivity contribution in [2.75, 3.05) is 14.2 Å². The molecule has 5 nitrogen and oxygen atoms in total. The number of ether oxygens (including phenoxy) is 2. The molecule has 27 heavy (non-hydrogen) atoms. The second-order valence-electron chi connectivity index (χ2n) is 6.91. The first-order chi connectivity index (χ1) is 13.1. The maximum atomic E-state index is 11.3. The van der Waals surface area contributed by atoms with E-state index in [1.165, 1.54) is 28.7 Å². The molecule has 0 saturated heterocycles. The third-order valence-electron chi connectivity index (χ3n) is 5.04. The van der Waals surface area contributed by atoms with Crippen molar-refractivity contribution in [3.63, 3.8) is 0 Å². The van der Waals surface area contributed by atoms with Crippen LogP contribution in [-0.2, 0) is 24.1 Å². The summed E-state index contributed by atoms with van der Waals surface area (Å²) in [6.45, 7) is 4.03. The number of fused-ring (bicyclic) bond motifs is 2. The summed E-state index contributed by atoms with van der Waals surface area (Å²) >= 11 is 0. The number of ketones is 1. The van der Waals surface area contributed by atoms with E-state index >= 15 is 0 Å². The van der Waals surface area contributed by atoms with Crippen LogP contribution in [0.2, 0.25) is 0 Å². The zero-order chi connectivity index (χ0) is 19.2. The van der Waals surface area contributed by atoms with E-state index in [-0.39, 0.29) is 0 Å². The smallest absolute Gasteiger partial charge is 0.213 e. The molecule has 2 aliphatic carbocycles. The molecule has 0 aromatic carbocycles. The highest BCUT2D eigenvalue weighted by atomic mass is 16.5. The summed E-state index contributed by atoms with van der Waals surface area (Å²) in [5.74, 6) is 1.65. The van der Waals surface area contributed by atoms with Gasteiger partial charge in [-0.1, -0.05) is 6.58 Å². The minimum absolute atomic E-state index is 0.315. The molecule has 0 spiro atoms. The van der Waals surface area contributed by atoms with Crippen LogP contribution in [0.3, 0.4) is 0 Å². The number of carbonyl (C=O) groups is 1. The van der Waals surface area contributed by atoms with Crippen LogP contribution in [0.25, 0.3) is 5.57 Å². The molecule has 2 aromatic rings. The third kappa shape index (κ3) is 4.73. The molecule has 0 fully saturated rings. The topological polar surface area (TPSA) is 61.3 Å². The van der Waals surface area contributed by atoms with Crippen molar-refractivity contribution in [3.05, 3.63) is 53.4 Å². The summed E-state index contributed by atoms with van der Waals surface area (Å²) in [6, 6.07) is 3.95. The fourth-order valence-electron chi connectivity index (χ4n) is 3.52. The molecule has 2 aliphatic rings. The predicted molar refractivity (Wildman–Crippen MR) is 105 cm³/mol. The molecule has 0 unspecified atom stereocenters. The van der Waals surface area contributed by atoms with Crippen molar-refractivity contribution in [3.8, 4) is 11.8 Å². The van der Waals surface area contributed by atoms with Gasteiger partial charge in [0, 0.05) is 37.4 Å². The van der Waals surface area contributed by atoms with Gasteiger partial charge >= 0.3 is 0 Å². The van der Waals surface area contributed by atoms with E-state index in [1.807, 2.05) is 18.3 Å². The van der Waals surface area contributed by atoms with Gasteiger partial charge in [0.05, 0.1) is 14.2 Å². The van der Waals surface area contributed by atoms with Gasteiger partial charge in [0.2, 0.25) is 11.8 Å². The minimum atomic E-state index is 0.315. The highest BCUT2D eigenvalue weighted by Gasteiger charge is 2.15. The molecule has 0 atom stereocenters. The molecule has 0 amide bonds. The van der Waals surface area contributed by atoms with Crippen LogP contribution in [0.5, 0.6) is 11.8 Å². The van der Waals surface area contributed by atoms with E-state index in [0.717, 1.165) is 31.2 Å². The highest BCUT2D eigenvalue weighted by molar-refractivity contribution is 5.81. The Morgan fingerprint density at radius 3 is 2.22 bits per heavy atom. The van der Waals surface area contributed by atoms with Gasteiger partial charge in [0.1, 0.15) is 5.78 Å². The lowest BCUT2D eigenvalue weighted by atomic mass is 9.90. The molecule has 0 radical (unpaired) electrons. The second kappa shape index (κ2) is 8.80. The maximum Gasteiger partial charge on any atom is 0.213 e. The fraction of sp³-hybridized carbons (Fsp3) is 0.409. The van der Waals surface area contributed by atoms with Crippen LogP contribution in [0.1, 0.15) is 47.9 Å². The lowest BCUT2D eigenvalue weighted by Gasteiger charge is -2.17. The third-order valence-corrected chi connectivity index (χ3v) is 5.04. The van der Waals surface area contributed by atoms with E-state index in [0.29, 0.717) is 30.4 Å². The molecular weight excluding hydrogens is 340 g/mol. The van der Waals surface area contributed by atoms with Crippen molar-refractivity contribution in [1.29, 1.82) is 0 Å². The number of hydrogen-bond acceptors (Lipinski definition) is 5. The first kappa shape index (κ1) is 19.1. The molecule has 0 N–H and O–H groups in total. The number of rotatable bonds is 2. The summed E-state index contributed by atoms with van der Waals surface area (Å²) in [7, 11) is 3.25.